The van der Waals surface area contributed by atoms with E-state index in [0.29, 0.717) is 6.04 Å². The second kappa shape index (κ2) is 6.35. The van der Waals surface area contributed by atoms with Gasteiger partial charge in [0, 0.05) is 18.1 Å². The molecule has 18 heavy (non-hydrogen) atoms. The van der Waals surface area contributed by atoms with E-state index in [9.17, 15) is 0 Å². The normalized spacial score (nSPS) is 13.9. The van der Waals surface area contributed by atoms with Gasteiger partial charge in [0.15, 0.2) is 0 Å². The maximum atomic E-state index is 3.69. The fourth-order valence-corrected chi connectivity index (χ4v) is 1.83. The minimum Gasteiger partial charge on any atom is -0.308 e. The third-order valence-corrected chi connectivity index (χ3v) is 3.88. The van der Waals surface area contributed by atoms with Crippen molar-refractivity contribution in [2.24, 2.45) is 0 Å². The maximum Gasteiger partial charge on any atom is 0.0318 e. The molecule has 0 aliphatic heterocycles. The molecule has 0 fully saturated rings. The lowest BCUT2D eigenvalue weighted by atomic mass is 10.00. The summed E-state index contributed by atoms with van der Waals surface area (Å²) in [5.74, 6) is 0. The van der Waals surface area contributed by atoms with Gasteiger partial charge in [0.1, 0.15) is 0 Å². The summed E-state index contributed by atoms with van der Waals surface area (Å²) < 4.78 is 0. The Kier molecular flexibility index (Phi) is 5.36. The van der Waals surface area contributed by atoms with Crippen molar-refractivity contribution >= 4 is 0 Å². The van der Waals surface area contributed by atoms with Crippen LogP contribution in [0.15, 0.2) is 24.3 Å². The lowest BCUT2D eigenvalue weighted by molar-refractivity contribution is 0.183. The van der Waals surface area contributed by atoms with Crippen molar-refractivity contribution in [2.45, 2.75) is 45.7 Å². The first-order valence-corrected chi connectivity index (χ1v) is 6.84. The number of rotatable bonds is 6. The molecule has 1 aromatic carbocycles. The summed E-state index contributed by atoms with van der Waals surface area (Å²) >= 11 is 0. The first kappa shape index (κ1) is 15.2. The van der Waals surface area contributed by atoms with E-state index in [-0.39, 0.29) is 5.54 Å². The molecule has 1 aromatic rings. The highest BCUT2D eigenvalue weighted by atomic mass is 15.2. The smallest absolute Gasteiger partial charge is 0.0318 e. The van der Waals surface area contributed by atoms with Gasteiger partial charge in [-0.05, 0) is 46.9 Å². The van der Waals surface area contributed by atoms with Crippen LogP contribution in [0.4, 0.5) is 0 Å². The van der Waals surface area contributed by atoms with Crippen molar-refractivity contribution in [3.8, 4) is 0 Å². The molecule has 0 amide bonds. The van der Waals surface area contributed by atoms with Crippen molar-refractivity contribution < 1.29 is 0 Å². The molecule has 1 rings (SSSR count). The Hall–Kier alpha value is -0.860. The molecule has 0 saturated carbocycles. The Balaban J connectivity index is 2.66. The molecule has 2 nitrogen and oxygen atoms in total. The zero-order chi connectivity index (χ0) is 13.8. The van der Waals surface area contributed by atoms with E-state index in [4.69, 9.17) is 0 Å². The summed E-state index contributed by atoms with van der Waals surface area (Å²) in [7, 11) is 4.27. The predicted octanol–water partition coefficient (Wildman–Crippen LogP) is 3.38. The van der Waals surface area contributed by atoms with Crippen LogP contribution < -0.4 is 5.32 Å². The fraction of sp³-hybridized carbons (Fsp3) is 0.625. The average molecular weight is 248 g/mol. The first-order valence-electron chi connectivity index (χ1n) is 6.84. The number of nitrogens with one attached hydrogen (secondary N) is 1. The van der Waals surface area contributed by atoms with Gasteiger partial charge in [-0.1, -0.05) is 36.8 Å². The molecule has 0 radical (unpaired) electrons. The van der Waals surface area contributed by atoms with Crippen molar-refractivity contribution in [3.05, 3.63) is 35.4 Å². The number of likely N-dealkylation sites (N-methyl/N-ethyl adjacent to an activating group) is 1. The van der Waals surface area contributed by atoms with Crippen LogP contribution in [0.25, 0.3) is 0 Å². The molecule has 1 unspecified atom stereocenters. The number of aryl methyl sites for hydroxylation is 1. The van der Waals surface area contributed by atoms with Crippen molar-refractivity contribution in [1.29, 1.82) is 0 Å². The third kappa shape index (κ3) is 4.11. The van der Waals surface area contributed by atoms with Crippen molar-refractivity contribution in [3.63, 3.8) is 0 Å². The Labute approximate surface area is 112 Å². The molecule has 0 spiro atoms. The van der Waals surface area contributed by atoms with Crippen LogP contribution in [0, 0.1) is 6.92 Å². The lowest BCUT2D eigenvalue weighted by Gasteiger charge is -2.34. The Morgan fingerprint density at radius 3 is 2.17 bits per heavy atom. The molecule has 102 valence electrons. The van der Waals surface area contributed by atoms with E-state index in [1.807, 2.05) is 0 Å². The van der Waals surface area contributed by atoms with Gasteiger partial charge in [-0.2, -0.15) is 0 Å². The highest BCUT2D eigenvalue weighted by Gasteiger charge is 2.21. The topological polar surface area (TPSA) is 15.3 Å². The van der Waals surface area contributed by atoms with Crippen LogP contribution in [0.3, 0.4) is 0 Å². The molecule has 0 saturated heterocycles. The van der Waals surface area contributed by atoms with Crippen LogP contribution in [0.5, 0.6) is 0 Å². The van der Waals surface area contributed by atoms with Gasteiger partial charge >= 0.3 is 0 Å². The molecule has 0 bridgehead atoms. The number of hydrogen-bond acceptors (Lipinski definition) is 2. The molecule has 0 heterocycles. The van der Waals surface area contributed by atoms with Crippen LogP contribution in [-0.2, 0) is 0 Å². The highest BCUT2D eigenvalue weighted by molar-refractivity contribution is 5.24. The van der Waals surface area contributed by atoms with E-state index in [0.717, 1.165) is 13.0 Å². The standard InChI is InChI=1S/C16H28N2/c1-7-15(14-10-8-13(2)9-11-14)17-12-16(3,4)18(5)6/h8-11,15,17H,7,12H2,1-6H3. The molecular weight excluding hydrogens is 220 g/mol. The molecule has 2 heteroatoms. The van der Waals surface area contributed by atoms with Crippen LogP contribution in [0.1, 0.15) is 44.4 Å². The molecule has 1 N–H and O–H groups in total. The van der Waals surface area contributed by atoms with Gasteiger partial charge < -0.3 is 10.2 Å². The minimum atomic E-state index is 0.179. The van der Waals surface area contributed by atoms with E-state index in [1.165, 1.54) is 11.1 Å². The van der Waals surface area contributed by atoms with Crippen molar-refractivity contribution in [1.82, 2.24) is 10.2 Å². The van der Waals surface area contributed by atoms with Crippen LogP contribution in [-0.4, -0.2) is 31.1 Å². The van der Waals surface area contributed by atoms with Crippen LogP contribution >= 0.6 is 0 Å². The highest BCUT2D eigenvalue weighted by Crippen LogP contribution is 2.18. The van der Waals surface area contributed by atoms with Gasteiger partial charge in [-0.15, -0.1) is 0 Å². The SMILES string of the molecule is CCC(NCC(C)(C)N(C)C)c1ccc(C)cc1. The van der Waals surface area contributed by atoms with Gasteiger partial charge in [0.25, 0.3) is 0 Å². The largest absolute Gasteiger partial charge is 0.308 e. The first-order chi connectivity index (χ1) is 8.36. The summed E-state index contributed by atoms with van der Waals surface area (Å²) in [6, 6.07) is 9.30. The monoisotopic (exact) mass is 248 g/mol. The molecule has 0 aliphatic carbocycles. The van der Waals surface area contributed by atoms with Gasteiger partial charge in [0.2, 0.25) is 0 Å². The predicted molar refractivity (Wildman–Crippen MR) is 80.0 cm³/mol. The summed E-state index contributed by atoms with van der Waals surface area (Å²) in [6.45, 7) is 9.89. The zero-order valence-electron chi connectivity index (χ0n) is 12.7. The third-order valence-electron chi connectivity index (χ3n) is 3.88. The quantitative estimate of drug-likeness (QED) is 0.830. The van der Waals surface area contributed by atoms with E-state index in [1.54, 1.807) is 0 Å². The van der Waals surface area contributed by atoms with E-state index < -0.39 is 0 Å². The van der Waals surface area contributed by atoms with Gasteiger partial charge in [0.05, 0.1) is 0 Å². The second-order valence-corrected chi connectivity index (χ2v) is 5.96. The summed E-state index contributed by atoms with van der Waals surface area (Å²) in [6.07, 6.45) is 1.12. The minimum absolute atomic E-state index is 0.179. The van der Waals surface area contributed by atoms with Crippen molar-refractivity contribution in [2.75, 3.05) is 20.6 Å². The summed E-state index contributed by atoms with van der Waals surface area (Å²) in [5.41, 5.74) is 2.89. The van der Waals surface area contributed by atoms with Gasteiger partial charge in [-0.25, -0.2) is 0 Å². The van der Waals surface area contributed by atoms with Crippen LogP contribution in [0.2, 0.25) is 0 Å². The average Bonchev–Trinajstić information content (AvgIpc) is 2.31. The number of benzene rings is 1. The number of nitrogens with zero attached hydrogens (tertiary/aromatic N) is 1. The van der Waals surface area contributed by atoms with E-state index >= 15 is 0 Å². The molecule has 0 aliphatic rings. The summed E-state index contributed by atoms with van der Waals surface area (Å²) in [5, 5.41) is 3.69. The Morgan fingerprint density at radius 2 is 1.72 bits per heavy atom. The summed E-state index contributed by atoms with van der Waals surface area (Å²) in [4.78, 5) is 2.27. The van der Waals surface area contributed by atoms with E-state index in [2.05, 4.69) is 76.3 Å². The second-order valence-electron chi connectivity index (χ2n) is 5.96. The molecule has 0 aromatic heterocycles. The van der Waals surface area contributed by atoms with Gasteiger partial charge in [-0.3, -0.25) is 0 Å². The maximum absolute atomic E-state index is 3.69. The molecular formula is C16H28N2. The fourth-order valence-electron chi connectivity index (χ4n) is 1.83. The number of hydrogen-bond donors (Lipinski definition) is 1. The lowest BCUT2D eigenvalue weighted by Crippen LogP contribution is -2.47. The zero-order valence-corrected chi connectivity index (χ0v) is 12.7. The Morgan fingerprint density at radius 1 is 1.17 bits per heavy atom. The molecule has 1 atom stereocenters. The Bertz CT molecular complexity index is 352.